The largest absolute Gasteiger partial charge is 0.495 e. The predicted molar refractivity (Wildman–Crippen MR) is 117 cm³/mol. The van der Waals surface area contributed by atoms with Crippen molar-refractivity contribution in [3.8, 4) is 17.1 Å². The molecule has 3 aromatic rings. The number of tetrazole rings is 1. The van der Waals surface area contributed by atoms with Gasteiger partial charge >= 0.3 is 0 Å². The Labute approximate surface area is 182 Å². The van der Waals surface area contributed by atoms with Crippen molar-refractivity contribution >= 4 is 21.6 Å². The SMILES string of the molecule is CC(C)NS(=O)(=O)c1ccccc1.COc1ccc(-c2nnn(C(C)C)n2)cc1Cl. The van der Waals surface area contributed by atoms with Gasteiger partial charge in [-0.05, 0) is 63.2 Å². The number of rotatable bonds is 6. The predicted octanol–water partition coefficient (Wildman–Crippen LogP) is 3.96. The summed E-state index contributed by atoms with van der Waals surface area (Å²) >= 11 is 6.04. The molecule has 0 amide bonds. The molecule has 0 saturated carbocycles. The van der Waals surface area contributed by atoms with Crippen LogP contribution in [0.4, 0.5) is 0 Å². The number of aromatic nitrogens is 4. The van der Waals surface area contributed by atoms with E-state index in [0.29, 0.717) is 21.5 Å². The third kappa shape index (κ3) is 6.51. The average molecular weight is 452 g/mol. The third-order valence-electron chi connectivity index (χ3n) is 3.74. The zero-order valence-corrected chi connectivity index (χ0v) is 19.1. The van der Waals surface area contributed by atoms with Crippen LogP contribution in [0.3, 0.4) is 0 Å². The summed E-state index contributed by atoms with van der Waals surface area (Å²) in [4.78, 5) is 1.87. The molecule has 8 nitrogen and oxygen atoms in total. The lowest BCUT2D eigenvalue weighted by atomic mass is 10.2. The van der Waals surface area contributed by atoms with Gasteiger partial charge in [-0.25, -0.2) is 13.1 Å². The Morgan fingerprint density at radius 3 is 2.23 bits per heavy atom. The van der Waals surface area contributed by atoms with Gasteiger partial charge in [0.1, 0.15) is 5.75 Å². The lowest BCUT2D eigenvalue weighted by Crippen LogP contribution is -2.30. The standard InChI is InChI=1S/C11H13ClN4O.C9H13NO2S/c1-7(2)16-14-11(13-15-16)8-4-5-10(17-3)9(12)6-8;1-8(2)10-13(11,12)9-6-4-3-5-7-9/h4-7H,1-3H3;3-8,10H,1-2H3. The normalized spacial score (nSPS) is 11.3. The van der Waals surface area contributed by atoms with E-state index >= 15 is 0 Å². The van der Waals surface area contributed by atoms with Crippen LogP contribution in [0.15, 0.2) is 53.4 Å². The van der Waals surface area contributed by atoms with E-state index in [-0.39, 0.29) is 12.1 Å². The highest BCUT2D eigenvalue weighted by molar-refractivity contribution is 7.89. The summed E-state index contributed by atoms with van der Waals surface area (Å²) in [6.45, 7) is 7.57. The average Bonchev–Trinajstić information content (AvgIpc) is 3.19. The summed E-state index contributed by atoms with van der Waals surface area (Å²) in [5, 5.41) is 12.8. The van der Waals surface area contributed by atoms with E-state index in [2.05, 4.69) is 20.1 Å². The number of halogens is 1. The summed E-state index contributed by atoms with van der Waals surface area (Å²) in [5.74, 6) is 1.19. The molecule has 0 aliphatic heterocycles. The van der Waals surface area contributed by atoms with E-state index in [1.807, 2.05) is 19.9 Å². The molecule has 162 valence electrons. The Morgan fingerprint density at radius 2 is 1.73 bits per heavy atom. The molecule has 2 aromatic carbocycles. The molecular formula is C20H26ClN5O3S. The molecule has 0 atom stereocenters. The minimum absolute atomic E-state index is 0.0785. The molecule has 10 heteroatoms. The molecule has 1 N–H and O–H groups in total. The number of benzene rings is 2. The molecule has 30 heavy (non-hydrogen) atoms. The van der Waals surface area contributed by atoms with Crippen molar-refractivity contribution in [3.05, 3.63) is 53.6 Å². The second-order valence-electron chi connectivity index (χ2n) is 6.97. The summed E-state index contributed by atoms with van der Waals surface area (Å²) < 4.78 is 30.7. The van der Waals surface area contributed by atoms with Crippen molar-refractivity contribution in [1.82, 2.24) is 24.9 Å². The van der Waals surface area contributed by atoms with Crippen LogP contribution in [0.2, 0.25) is 5.02 Å². The zero-order chi connectivity index (χ0) is 22.3. The summed E-state index contributed by atoms with van der Waals surface area (Å²) in [6, 6.07) is 13.9. The molecule has 0 saturated heterocycles. The highest BCUT2D eigenvalue weighted by atomic mass is 35.5. The Morgan fingerprint density at radius 1 is 1.07 bits per heavy atom. The Hall–Kier alpha value is -2.49. The minimum Gasteiger partial charge on any atom is -0.495 e. The number of hydrogen-bond acceptors (Lipinski definition) is 6. The Balaban J connectivity index is 0.000000222. The molecule has 0 bridgehead atoms. The second-order valence-corrected chi connectivity index (χ2v) is 9.09. The Bertz CT molecular complexity index is 1050. The quantitative estimate of drug-likeness (QED) is 0.609. The van der Waals surface area contributed by atoms with Crippen molar-refractivity contribution in [3.63, 3.8) is 0 Å². The smallest absolute Gasteiger partial charge is 0.240 e. The van der Waals surface area contributed by atoms with Crippen molar-refractivity contribution in [1.29, 1.82) is 0 Å². The van der Waals surface area contributed by atoms with Crippen LogP contribution in [0.25, 0.3) is 11.4 Å². The van der Waals surface area contributed by atoms with Crippen molar-refractivity contribution in [2.45, 2.75) is 44.7 Å². The van der Waals surface area contributed by atoms with Gasteiger partial charge in [-0.2, -0.15) is 4.80 Å². The molecule has 3 rings (SSSR count). The van der Waals surface area contributed by atoms with Gasteiger partial charge in [0.25, 0.3) is 0 Å². The fourth-order valence-electron chi connectivity index (χ4n) is 2.34. The van der Waals surface area contributed by atoms with Crippen molar-refractivity contribution in [2.75, 3.05) is 7.11 Å². The molecular weight excluding hydrogens is 426 g/mol. The zero-order valence-electron chi connectivity index (χ0n) is 17.6. The molecule has 0 aliphatic rings. The van der Waals surface area contributed by atoms with Crippen LogP contribution < -0.4 is 9.46 Å². The molecule has 0 fully saturated rings. The topological polar surface area (TPSA) is 99.0 Å². The van der Waals surface area contributed by atoms with E-state index in [1.165, 1.54) is 0 Å². The first-order valence-electron chi connectivity index (χ1n) is 9.35. The van der Waals surface area contributed by atoms with E-state index < -0.39 is 10.0 Å². The monoisotopic (exact) mass is 451 g/mol. The van der Waals surface area contributed by atoms with Gasteiger partial charge in [-0.3, -0.25) is 0 Å². The fourth-order valence-corrected chi connectivity index (χ4v) is 3.87. The Kier molecular flexibility index (Phi) is 8.33. The highest BCUT2D eigenvalue weighted by Gasteiger charge is 2.13. The van der Waals surface area contributed by atoms with Crippen molar-refractivity contribution < 1.29 is 13.2 Å². The summed E-state index contributed by atoms with van der Waals surface area (Å²) in [6.07, 6.45) is 0. The van der Waals surface area contributed by atoms with E-state index in [1.54, 1.807) is 68.2 Å². The number of hydrogen-bond donors (Lipinski definition) is 1. The van der Waals surface area contributed by atoms with Crippen LogP contribution in [-0.4, -0.2) is 41.8 Å². The number of methoxy groups -OCH3 is 1. The van der Waals surface area contributed by atoms with Crippen LogP contribution >= 0.6 is 11.6 Å². The molecule has 1 aromatic heterocycles. The van der Waals surface area contributed by atoms with E-state index in [4.69, 9.17) is 16.3 Å². The molecule has 0 unspecified atom stereocenters. The molecule has 0 aliphatic carbocycles. The number of ether oxygens (including phenoxy) is 1. The lowest BCUT2D eigenvalue weighted by Gasteiger charge is -2.08. The first-order valence-corrected chi connectivity index (χ1v) is 11.2. The van der Waals surface area contributed by atoms with Crippen LogP contribution in [0.5, 0.6) is 5.75 Å². The van der Waals surface area contributed by atoms with Gasteiger partial charge in [0.05, 0.1) is 23.1 Å². The maximum absolute atomic E-state index is 11.5. The second kappa shape index (κ2) is 10.5. The van der Waals surface area contributed by atoms with Gasteiger partial charge in [-0.15, -0.1) is 10.2 Å². The molecule has 0 spiro atoms. The van der Waals surface area contributed by atoms with E-state index in [0.717, 1.165) is 5.56 Å². The first kappa shape index (κ1) is 23.8. The van der Waals surface area contributed by atoms with Gasteiger partial charge in [0, 0.05) is 11.6 Å². The minimum atomic E-state index is -3.31. The van der Waals surface area contributed by atoms with Gasteiger partial charge < -0.3 is 4.74 Å². The number of nitrogens with one attached hydrogen (secondary N) is 1. The number of sulfonamides is 1. The maximum Gasteiger partial charge on any atom is 0.240 e. The summed E-state index contributed by atoms with van der Waals surface area (Å²) in [7, 11) is -1.73. The van der Waals surface area contributed by atoms with Crippen molar-refractivity contribution in [2.24, 2.45) is 0 Å². The lowest BCUT2D eigenvalue weighted by molar-refractivity contribution is 0.415. The maximum atomic E-state index is 11.5. The van der Waals surface area contributed by atoms with Crippen LogP contribution in [-0.2, 0) is 10.0 Å². The summed E-state index contributed by atoms with van der Waals surface area (Å²) in [5.41, 5.74) is 0.822. The van der Waals surface area contributed by atoms with Gasteiger partial charge in [-0.1, -0.05) is 29.8 Å². The highest BCUT2D eigenvalue weighted by Crippen LogP contribution is 2.28. The molecule has 1 heterocycles. The van der Waals surface area contributed by atoms with Crippen LogP contribution in [0, 0.1) is 0 Å². The fraction of sp³-hybridized carbons (Fsp3) is 0.350. The van der Waals surface area contributed by atoms with Gasteiger partial charge in [0.15, 0.2) is 0 Å². The third-order valence-corrected chi connectivity index (χ3v) is 5.71. The number of nitrogens with zero attached hydrogens (tertiary/aromatic N) is 4. The van der Waals surface area contributed by atoms with Gasteiger partial charge in [0.2, 0.25) is 15.8 Å². The molecule has 0 radical (unpaired) electrons. The first-order chi connectivity index (χ1) is 14.1. The van der Waals surface area contributed by atoms with E-state index in [9.17, 15) is 8.42 Å². The van der Waals surface area contributed by atoms with Crippen LogP contribution in [0.1, 0.15) is 33.7 Å².